The fourth-order valence-corrected chi connectivity index (χ4v) is 3.56. The lowest BCUT2D eigenvalue weighted by atomic mass is 9.90. The molecule has 0 spiro atoms. The van der Waals surface area contributed by atoms with Gasteiger partial charge in [-0.1, -0.05) is 19.1 Å². The summed E-state index contributed by atoms with van der Waals surface area (Å²) in [7, 11) is 0. The van der Waals surface area contributed by atoms with Crippen LogP contribution in [0.15, 0.2) is 28.7 Å². The van der Waals surface area contributed by atoms with Gasteiger partial charge in [0.1, 0.15) is 11.5 Å². The van der Waals surface area contributed by atoms with Crippen molar-refractivity contribution in [3.63, 3.8) is 0 Å². The Morgan fingerprint density at radius 1 is 1.09 bits per heavy atom. The Kier molecular flexibility index (Phi) is 3.79. The average Bonchev–Trinajstić information content (AvgIpc) is 3.32. The summed E-state index contributed by atoms with van der Waals surface area (Å²) in [6.45, 7) is 4.08. The Morgan fingerprint density at radius 2 is 1.91 bits per heavy atom. The molecule has 4 rings (SSSR count). The normalized spacial score (nSPS) is 17.5. The van der Waals surface area contributed by atoms with Crippen molar-refractivity contribution >= 4 is 0 Å². The van der Waals surface area contributed by atoms with Gasteiger partial charge in [0, 0.05) is 23.6 Å². The van der Waals surface area contributed by atoms with E-state index in [0.29, 0.717) is 5.92 Å². The van der Waals surface area contributed by atoms with E-state index >= 15 is 0 Å². The van der Waals surface area contributed by atoms with Crippen molar-refractivity contribution in [1.29, 1.82) is 0 Å². The number of rotatable bonds is 5. The molecule has 0 bridgehead atoms. The van der Waals surface area contributed by atoms with Crippen molar-refractivity contribution in [3.8, 4) is 11.3 Å². The SMILES string of the molecule is CCNCc1cc(-c2ccc3c(c2)CCCC3)oc1C1CC1. The van der Waals surface area contributed by atoms with E-state index in [1.165, 1.54) is 66.5 Å². The van der Waals surface area contributed by atoms with Crippen LogP contribution in [-0.4, -0.2) is 6.54 Å². The molecule has 0 amide bonds. The number of furan rings is 1. The van der Waals surface area contributed by atoms with E-state index in [9.17, 15) is 0 Å². The first kappa shape index (κ1) is 14.1. The van der Waals surface area contributed by atoms with Crippen LogP contribution in [0.25, 0.3) is 11.3 Å². The van der Waals surface area contributed by atoms with Gasteiger partial charge in [0.05, 0.1) is 0 Å². The molecule has 1 aromatic carbocycles. The van der Waals surface area contributed by atoms with Crippen LogP contribution in [0.2, 0.25) is 0 Å². The highest BCUT2D eigenvalue weighted by molar-refractivity contribution is 5.61. The van der Waals surface area contributed by atoms with E-state index in [1.54, 1.807) is 0 Å². The minimum atomic E-state index is 0.667. The van der Waals surface area contributed by atoms with Crippen LogP contribution in [0, 0.1) is 0 Å². The Balaban J connectivity index is 1.66. The van der Waals surface area contributed by atoms with Gasteiger partial charge in [0.25, 0.3) is 0 Å². The lowest BCUT2D eigenvalue weighted by molar-refractivity contribution is 0.516. The third kappa shape index (κ3) is 2.72. The van der Waals surface area contributed by atoms with Crippen LogP contribution < -0.4 is 5.32 Å². The van der Waals surface area contributed by atoms with E-state index < -0.39 is 0 Å². The van der Waals surface area contributed by atoms with Crippen molar-refractivity contribution in [2.24, 2.45) is 0 Å². The van der Waals surface area contributed by atoms with E-state index in [4.69, 9.17) is 4.42 Å². The van der Waals surface area contributed by atoms with Crippen LogP contribution in [-0.2, 0) is 19.4 Å². The maximum absolute atomic E-state index is 6.27. The minimum absolute atomic E-state index is 0.667. The van der Waals surface area contributed by atoms with Crippen LogP contribution in [0.1, 0.15) is 61.0 Å². The maximum atomic E-state index is 6.27. The number of nitrogens with one attached hydrogen (secondary N) is 1. The summed E-state index contributed by atoms with van der Waals surface area (Å²) in [5, 5.41) is 3.44. The van der Waals surface area contributed by atoms with Gasteiger partial charge in [-0.15, -0.1) is 0 Å². The number of hydrogen-bond donors (Lipinski definition) is 1. The zero-order valence-corrected chi connectivity index (χ0v) is 13.5. The molecule has 1 fully saturated rings. The molecule has 2 aliphatic rings. The van der Waals surface area contributed by atoms with Gasteiger partial charge < -0.3 is 9.73 Å². The Hall–Kier alpha value is -1.54. The summed E-state index contributed by atoms with van der Waals surface area (Å²) in [6, 6.07) is 9.19. The number of fused-ring (bicyclic) bond motifs is 1. The summed E-state index contributed by atoms with van der Waals surface area (Å²) in [5.74, 6) is 2.96. The van der Waals surface area contributed by atoms with E-state index in [1.807, 2.05) is 0 Å². The molecule has 2 aliphatic carbocycles. The fourth-order valence-electron chi connectivity index (χ4n) is 3.56. The molecular formula is C20H25NO. The first-order valence-corrected chi connectivity index (χ1v) is 8.80. The van der Waals surface area contributed by atoms with Gasteiger partial charge in [-0.2, -0.15) is 0 Å². The smallest absolute Gasteiger partial charge is 0.134 e. The molecule has 2 nitrogen and oxygen atoms in total. The molecule has 1 heterocycles. The van der Waals surface area contributed by atoms with Crippen LogP contribution >= 0.6 is 0 Å². The summed E-state index contributed by atoms with van der Waals surface area (Å²) < 4.78 is 6.27. The Morgan fingerprint density at radius 3 is 2.68 bits per heavy atom. The third-order valence-corrected chi connectivity index (χ3v) is 4.99. The van der Waals surface area contributed by atoms with Crippen molar-refractivity contribution < 1.29 is 4.42 Å². The van der Waals surface area contributed by atoms with Crippen LogP contribution in [0.3, 0.4) is 0 Å². The van der Waals surface area contributed by atoms with Crippen LogP contribution in [0.5, 0.6) is 0 Å². The first-order valence-electron chi connectivity index (χ1n) is 8.80. The van der Waals surface area contributed by atoms with Gasteiger partial charge in [-0.05, 0) is 68.3 Å². The second-order valence-electron chi connectivity index (χ2n) is 6.75. The van der Waals surface area contributed by atoms with E-state index in [-0.39, 0.29) is 0 Å². The molecule has 1 N–H and O–H groups in total. The average molecular weight is 295 g/mol. The first-order chi connectivity index (χ1) is 10.8. The molecule has 1 aromatic heterocycles. The van der Waals surface area contributed by atoms with Crippen molar-refractivity contribution in [2.75, 3.05) is 6.54 Å². The van der Waals surface area contributed by atoms with Gasteiger partial charge in [0.2, 0.25) is 0 Å². The van der Waals surface area contributed by atoms with Gasteiger partial charge in [0.15, 0.2) is 0 Å². The largest absolute Gasteiger partial charge is 0.460 e. The second-order valence-corrected chi connectivity index (χ2v) is 6.75. The molecule has 2 heteroatoms. The maximum Gasteiger partial charge on any atom is 0.134 e. The molecule has 0 aliphatic heterocycles. The number of benzene rings is 1. The predicted octanol–water partition coefficient (Wildman–Crippen LogP) is 4.81. The third-order valence-electron chi connectivity index (χ3n) is 4.99. The highest BCUT2D eigenvalue weighted by Crippen LogP contribution is 2.44. The summed E-state index contributed by atoms with van der Waals surface area (Å²) in [6.07, 6.45) is 7.71. The van der Waals surface area contributed by atoms with Crippen molar-refractivity contribution in [2.45, 2.75) is 57.9 Å². The highest BCUT2D eigenvalue weighted by Gasteiger charge is 2.30. The summed E-state index contributed by atoms with van der Waals surface area (Å²) in [5.41, 5.74) is 5.68. The van der Waals surface area contributed by atoms with Gasteiger partial charge in [-0.3, -0.25) is 0 Å². The molecule has 22 heavy (non-hydrogen) atoms. The summed E-state index contributed by atoms with van der Waals surface area (Å²) in [4.78, 5) is 0. The lowest BCUT2D eigenvalue weighted by Crippen LogP contribution is -2.12. The molecule has 0 saturated heterocycles. The van der Waals surface area contributed by atoms with Crippen LogP contribution in [0.4, 0.5) is 0 Å². The van der Waals surface area contributed by atoms with E-state index in [0.717, 1.165) is 18.8 Å². The second kappa shape index (κ2) is 5.92. The standard InChI is InChI=1S/C20H25NO/c1-2-21-13-18-12-19(22-20(18)15-8-9-15)17-10-7-14-5-3-4-6-16(14)11-17/h7,10-12,15,21H,2-6,8-9,13H2,1H3. The van der Waals surface area contributed by atoms with Gasteiger partial charge in [-0.25, -0.2) is 0 Å². The highest BCUT2D eigenvalue weighted by atomic mass is 16.3. The quantitative estimate of drug-likeness (QED) is 0.856. The molecule has 116 valence electrons. The fraction of sp³-hybridized carbons (Fsp3) is 0.500. The van der Waals surface area contributed by atoms with E-state index in [2.05, 4.69) is 36.5 Å². The van der Waals surface area contributed by atoms with Crippen molar-refractivity contribution in [1.82, 2.24) is 5.32 Å². The minimum Gasteiger partial charge on any atom is -0.460 e. The zero-order valence-electron chi connectivity index (χ0n) is 13.5. The molecule has 0 radical (unpaired) electrons. The molecule has 0 atom stereocenters. The monoisotopic (exact) mass is 295 g/mol. The number of hydrogen-bond acceptors (Lipinski definition) is 2. The zero-order chi connectivity index (χ0) is 14.9. The summed E-state index contributed by atoms with van der Waals surface area (Å²) >= 11 is 0. The molecule has 1 saturated carbocycles. The topological polar surface area (TPSA) is 25.2 Å². The Labute approximate surface area is 132 Å². The van der Waals surface area contributed by atoms with Crippen molar-refractivity contribution in [3.05, 3.63) is 46.7 Å². The Bertz CT molecular complexity index is 666. The lowest BCUT2D eigenvalue weighted by Gasteiger charge is -2.15. The van der Waals surface area contributed by atoms with Gasteiger partial charge >= 0.3 is 0 Å². The number of aryl methyl sites for hydroxylation is 2. The predicted molar refractivity (Wildman–Crippen MR) is 90.1 cm³/mol. The molecule has 2 aromatic rings. The molecular weight excluding hydrogens is 270 g/mol. The molecule has 0 unspecified atom stereocenters.